The highest BCUT2D eigenvalue weighted by molar-refractivity contribution is 5.81. The van der Waals surface area contributed by atoms with E-state index in [9.17, 15) is 4.79 Å². The number of amides is 1. The van der Waals surface area contributed by atoms with E-state index >= 15 is 0 Å². The van der Waals surface area contributed by atoms with Crippen molar-refractivity contribution in [3.8, 4) is 0 Å². The van der Waals surface area contributed by atoms with Crippen LogP contribution >= 0.6 is 0 Å². The van der Waals surface area contributed by atoms with Crippen LogP contribution in [0.2, 0.25) is 0 Å². The molecule has 11 heavy (non-hydrogen) atoms. The lowest BCUT2D eigenvalue weighted by Crippen LogP contribution is -2.43. The predicted octanol–water partition coefficient (Wildman–Crippen LogP) is 0.250. The third-order valence-corrected chi connectivity index (χ3v) is 2.46. The molecule has 0 aromatic heterocycles. The van der Waals surface area contributed by atoms with Crippen LogP contribution in [0.15, 0.2) is 0 Å². The molecule has 3 N–H and O–H groups in total. The first-order chi connectivity index (χ1) is 5.25. The molecule has 0 saturated heterocycles. The van der Waals surface area contributed by atoms with Gasteiger partial charge in [-0.15, -0.1) is 0 Å². The molecule has 1 saturated carbocycles. The van der Waals surface area contributed by atoms with E-state index in [0.717, 1.165) is 12.8 Å². The smallest absolute Gasteiger partial charge is 0.236 e. The standard InChI is InChI=1S/C8H16N2O/c1-10-8(11)7(9)6-4-2-3-5-6/h6-7H,2-5,9H2,1H3,(H,10,11)/t7-/m0/s1. The first kappa shape index (κ1) is 8.53. The van der Waals surface area contributed by atoms with E-state index in [4.69, 9.17) is 5.73 Å². The van der Waals surface area contributed by atoms with Crippen LogP contribution in [0.4, 0.5) is 0 Å². The zero-order valence-electron chi connectivity index (χ0n) is 6.97. The summed E-state index contributed by atoms with van der Waals surface area (Å²) in [4.78, 5) is 11.1. The van der Waals surface area contributed by atoms with Gasteiger partial charge in [0.25, 0.3) is 0 Å². The maximum absolute atomic E-state index is 11.1. The SMILES string of the molecule is CNC(=O)[C@@H](N)C1CCCC1. The highest BCUT2D eigenvalue weighted by atomic mass is 16.2. The summed E-state index contributed by atoms with van der Waals surface area (Å²) in [5, 5.41) is 2.58. The van der Waals surface area contributed by atoms with Crippen LogP contribution < -0.4 is 11.1 Å². The summed E-state index contributed by atoms with van der Waals surface area (Å²) in [5.74, 6) is 0.409. The quantitative estimate of drug-likeness (QED) is 0.602. The Balaban J connectivity index is 2.39. The lowest BCUT2D eigenvalue weighted by molar-refractivity contribution is -0.122. The molecule has 0 spiro atoms. The number of hydrogen-bond donors (Lipinski definition) is 2. The van der Waals surface area contributed by atoms with Crippen LogP contribution in [-0.2, 0) is 4.79 Å². The van der Waals surface area contributed by atoms with Crippen molar-refractivity contribution in [3.63, 3.8) is 0 Å². The molecule has 0 aromatic rings. The van der Waals surface area contributed by atoms with Crippen LogP contribution in [0.3, 0.4) is 0 Å². The number of carbonyl (C=O) groups is 1. The average molecular weight is 156 g/mol. The highest BCUT2D eigenvalue weighted by Gasteiger charge is 2.26. The molecule has 64 valence electrons. The number of rotatable bonds is 2. The summed E-state index contributed by atoms with van der Waals surface area (Å²) in [6.45, 7) is 0. The fourth-order valence-corrected chi connectivity index (χ4v) is 1.70. The molecule has 1 atom stereocenters. The Morgan fingerprint density at radius 1 is 1.55 bits per heavy atom. The third kappa shape index (κ3) is 1.93. The van der Waals surface area contributed by atoms with Gasteiger partial charge in [0.05, 0.1) is 6.04 Å². The van der Waals surface area contributed by atoms with Crippen molar-refractivity contribution in [1.29, 1.82) is 0 Å². The summed E-state index contributed by atoms with van der Waals surface area (Å²) < 4.78 is 0. The van der Waals surface area contributed by atoms with Crippen molar-refractivity contribution >= 4 is 5.91 Å². The van der Waals surface area contributed by atoms with Crippen LogP contribution in [-0.4, -0.2) is 19.0 Å². The number of nitrogens with two attached hydrogens (primary N) is 1. The molecule has 1 fully saturated rings. The van der Waals surface area contributed by atoms with Gasteiger partial charge in [0, 0.05) is 7.05 Å². The lowest BCUT2D eigenvalue weighted by Gasteiger charge is -2.16. The second-order valence-electron chi connectivity index (χ2n) is 3.18. The first-order valence-electron chi connectivity index (χ1n) is 4.23. The lowest BCUT2D eigenvalue weighted by atomic mass is 9.98. The monoisotopic (exact) mass is 156 g/mol. The van der Waals surface area contributed by atoms with Crippen molar-refractivity contribution in [2.75, 3.05) is 7.05 Å². The topological polar surface area (TPSA) is 55.1 Å². The van der Waals surface area contributed by atoms with E-state index in [2.05, 4.69) is 5.32 Å². The van der Waals surface area contributed by atoms with Gasteiger partial charge in [-0.25, -0.2) is 0 Å². The van der Waals surface area contributed by atoms with E-state index in [1.165, 1.54) is 12.8 Å². The molecule has 0 radical (unpaired) electrons. The van der Waals surface area contributed by atoms with Gasteiger partial charge >= 0.3 is 0 Å². The van der Waals surface area contributed by atoms with E-state index < -0.39 is 0 Å². The minimum absolute atomic E-state index is 0.0168. The molecule has 3 nitrogen and oxygen atoms in total. The Hall–Kier alpha value is -0.570. The summed E-state index contributed by atoms with van der Waals surface area (Å²) in [6, 6.07) is -0.275. The number of nitrogens with one attached hydrogen (secondary N) is 1. The molecule has 0 unspecified atom stereocenters. The summed E-state index contributed by atoms with van der Waals surface area (Å²) in [7, 11) is 1.64. The van der Waals surface area contributed by atoms with Crippen LogP contribution in [0.1, 0.15) is 25.7 Å². The molecule has 0 aliphatic heterocycles. The van der Waals surface area contributed by atoms with E-state index in [1.807, 2.05) is 0 Å². The Labute approximate surface area is 67.3 Å². The Kier molecular flexibility index (Phi) is 2.88. The van der Waals surface area contributed by atoms with Crippen molar-refractivity contribution in [1.82, 2.24) is 5.32 Å². The average Bonchev–Trinajstić information content (AvgIpc) is 2.53. The van der Waals surface area contributed by atoms with Gasteiger partial charge in [-0.3, -0.25) is 4.79 Å². The maximum atomic E-state index is 11.1. The fourth-order valence-electron chi connectivity index (χ4n) is 1.70. The predicted molar refractivity (Wildman–Crippen MR) is 44.0 cm³/mol. The summed E-state index contributed by atoms with van der Waals surface area (Å²) in [5.41, 5.74) is 5.72. The zero-order chi connectivity index (χ0) is 8.27. The van der Waals surface area contributed by atoms with Crippen molar-refractivity contribution in [3.05, 3.63) is 0 Å². The Bertz CT molecular complexity index is 141. The van der Waals surface area contributed by atoms with Crippen molar-refractivity contribution in [2.45, 2.75) is 31.7 Å². The van der Waals surface area contributed by atoms with Gasteiger partial charge in [-0.05, 0) is 18.8 Å². The van der Waals surface area contributed by atoms with Gasteiger partial charge < -0.3 is 11.1 Å². The molecular weight excluding hydrogens is 140 g/mol. The largest absolute Gasteiger partial charge is 0.358 e. The molecule has 1 aliphatic carbocycles. The molecule has 3 heteroatoms. The van der Waals surface area contributed by atoms with Gasteiger partial charge in [0.2, 0.25) is 5.91 Å². The molecule has 0 aromatic carbocycles. The summed E-state index contributed by atoms with van der Waals surface area (Å²) in [6.07, 6.45) is 4.70. The van der Waals surface area contributed by atoms with E-state index in [1.54, 1.807) is 7.05 Å². The zero-order valence-corrected chi connectivity index (χ0v) is 6.97. The van der Waals surface area contributed by atoms with E-state index in [0.29, 0.717) is 5.92 Å². The van der Waals surface area contributed by atoms with Gasteiger partial charge in [0.1, 0.15) is 0 Å². The van der Waals surface area contributed by atoms with Crippen LogP contribution in [0.5, 0.6) is 0 Å². The first-order valence-corrected chi connectivity index (χ1v) is 4.23. The number of carbonyl (C=O) groups excluding carboxylic acids is 1. The van der Waals surface area contributed by atoms with Crippen LogP contribution in [0.25, 0.3) is 0 Å². The van der Waals surface area contributed by atoms with Crippen molar-refractivity contribution < 1.29 is 4.79 Å². The van der Waals surface area contributed by atoms with Gasteiger partial charge in [-0.1, -0.05) is 12.8 Å². The highest BCUT2D eigenvalue weighted by Crippen LogP contribution is 2.26. The Morgan fingerprint density at radius 2 is 2.09 bits per heavy atom. The molecule has 0 bridgehead atoms. The molecular formula is C8H16N2O. The minimum atomic E-state index is -0.275. The molecule has 0 heterocycles. The minimum Gasteiger partial charge on any atom is -0.358 e. The fraction of sp³-hybridized carbons (Fsp3) is 0.875. The maximum Gasteiger partial charge on any atom is 0.236 e. The second-order valence-corrected chi connectivity index (χ2v) is 3.18. The van der Waals surface area contributed by atoms with Gasteiger partial charge in [-0.2, -0.15) is 0 Å². The van der Waals surface area contributed by atoms with Crippen LogP contribution in [0, 0.1) is 5.92 Å². The second kappa shape index (κ2) is 3.72. The van der Waals surface area contributed by atoms with Crippen molar-refractivity contribution in [2.24, 2.45) is 11.7 Å². The number of hydrogen-bond acceptors (Lipinski definition) is 2. The van der Waals surface area contributed by atoms with E-state index in [-0.39, 0.29) is 11.9 Å². The molecule has 1 rings (SSSR count). The summed E-state index contributed by atoms with van der Waals surface area (Å²) >= 11 is 0. The number of likely N-dealkylation sites (N-methyl/N-ethyl adjacent to an activating group) is 1. The third-order valence-electron chi connectivity index (χ3n) is 2.46. The molecule has 1 aliphatic rings. The normalized spacial score (nSPS) is 21.6. The Morgan fingerprint density at radius 3 is 2.55 bits per heavy atom. The van der Waals surface area contributed by atoms with Gasteiger partial charge in [0.15, 0.2) is 0 Å². The molecule has 1 amide bonds.